The number of anilines is 2. The van der Waals surface area contributed by atoms with Gasteiger partial charge in [-0.2, -0.15) is 0 Å². The first-order valence-corrected chi connectivity index (χ1v) is 10.2. The highest BCUT2D eigenvalue weighted by molar-refractivity contribution is 7.92. The molecule has 0 aliphatic carbocycles. The average molecular weight is 430 g/mol. The lowest BCUT2D eigenvalue weighted by Crippen LogP contribution is -2.16. The smallest absolute Gasteiger partial charge is 0.263 e. The maximum Gasteiger partial charge on any atom is 0.263 e. The zero-order valence-electron chi connectivity index (χ0n) is 16.2. The van der Waals surface area contributed by atoms with Crippen molar-refractivity contribution in [3.05, 3.63) is 78.1 Å². The molecule has 0 heterocycles. The van der Waals surface area contributed by atoms with Crippen LogP contribution in [0.2, 0.25) is 0 Å². The Kier molecular flexibility index (Phi) is 6.22. The molecule has 2 N–H and O–H groups in total. The number of ether oxygens (including phenoxy) is 2. The number of benzene rings is 3. The largest absolute Gasteiger partial charge is 0.496 e. The van der Waals surface area contributed by atoms with Gasteiger partial charge in [0.2, 0.25) is 0 Å². The third-order valence-corrected chi connectivity index (χ3v) is 5.58. The molecule has 0 bridgehead atoms. The van der Waals surface area contributed by atoms with E-state index in [1.807, 2.05) is 0 Å². The number of halogens is 1. The summed E-state index contributed by atoms with van der Waals surface area (Å²) < 4.78 is 51.3. The summed E-state index contributed by atoms with van der Waals surface area (Å²) in [6.45, 7) is 0. The van der Waals surface area contributed by atoms with Crippen LogP contribution >= 0.6 is 0 Å². The van der Waals surface area contributed by atoms with Crippen molar-refractivity contribution < 1.29 is 27.1 Å². The minimum Gasteiger partial charge on any atom is -0.496 e. The Balaban J connectivity index is 1.80. The second kappa shape index (κ2) is 8.83. The SMILES string of the molecule is COc1cccc(OC)c1C(=O)Nc1ccc(S(=O)(=O)Nc2ccccc2F)cc1. The minimum absolute atomic E-state index is 0.0846. The Morgan fingerprint density at radius 1 is 0.867 bits per heavy atom. The summed E-state index contributed by atoms with van der Waals surface area (Å²) in [6, 6.07) is 15.9. The van der Waals surface area contributed by atoms with Gasteiger partial charge in [-0.25, -0.2) is 12.8 Å². The molecule has 30 heavy (non-hydrogen) atoms. The van der Waals surface area contributed by atoms with Crippen LogP contribution in [0.15, 0.2) is 71.6 Å². The molecule has 3 aromatic carbocycles. The molecule has 0 aliphatic rings. The van der Waals surface area contributed by atoms with Crippen molar-refractivity contribution in [1.82, 2.24) is 0 Å². The lowest BCUT2D eigenvalue weighted by atomic mass is 10.1. The highest BCUT2D eigenvalue weighted by Gasteiger charge is 2.19. The first-order valence-electron chi connectivity index (χ1n) is 8.75. The van der Waals surface area contributed by atoms with Gasteiger partial charge >= 0.3 is 0 Å². The highest BCUT2D eigenvalue weighted by atomic mass is 32.2. The van der Waals surface area contributed by atoms with Gasteiger partial charge in [0.05, 0.1) is 24.8 Å². The second-order valence-corrected chi connectivity index (χ2v) is 7.78. The van der Waals surface area contributed by atoms with Gasteiger partial charge in [-0.15, -0.1) is 0 Å². The number of hydrogen-bond acceptors (Lipinski definition) is 5. The Labute approximate surface area is 173 Å². The number of para-hydroxylation sites is 1. The Bertz CT molecular complexity index is 1140. The zero-order chi connectivity index (χ0) is 21.7. The molecule has 0 spiro atoms. The molecule has 0 radical (unpaired) electrons. The van der Waals surface area contributed by atoms with Crippen LogP contribution in [-0.2, 0) is 10.0 Å². The summed E-state index contributed by atoms with van der Waals surface area (Å²) in [6.07, 6.45) is 0. The van der Waals surface area contributed by atoms with Gasteiger partial charge in [-0.05, 0) is 48.5 Å². The molecule has 1 amide bonds. The molecule has 156 valence electrons. The Morgan fingerprint density at radius 2 is 1.47 bits per heavy atom. The fourth-order valence-electron chi connectivity index (χ4n) is 2.73. The fraction of sp³-hybridized carbons (Fsp3) is 0.0952. The van der Waals surface area contributed by atoms with Crippen molar-refractivity contribution in [2.24, 2.45) is 0 Å². The van der Waals surface area contributed by atoms with Crippen molar-refractivity contribution in [2.45, 2.75) is 4.90 Å². The zero-order valence-corrected chi connectivity index (χ0v) is 17.0. The van der Waals surface area contributed by atoms with E-state index in [9.17, 15) is 17.6 Å². The normalized spacial score (nSPS) is 10.9. The van der Waals surface area contributed by atoms with Gasteiger partial charge in [0, 0.05) is 5.69 Å². The molecule has 0 aliphatic heterocycles. The van der Waals surface area contributed by atoms with Crippen molar-refractivity contribution in [1.29, 1.82) is 0 Å². The van der Waals surface area contributed by atoms with Crippen LogP contribution in [-0.4, -0.2) is 28.5 Å². The van der Waals surface area contributed by atoms with E-state index in [-0.39, 0.29) is 16.1 Å². The van der Waals surface area contributed by atoms with Crippen molar-refractivity contribution in [3.8, 4) is 11.5 Å². The molecule has 3 aromatic rings. The molecule has 0 fully saturated rings. The molecular weight excluding hydrogens is 411 g/mol. The van der Waals surface area contributed by atoms with E-state index in [0.29, 0.717) is 17.2 Å². The van der Waals surface area contributed by atoms with Crippen LogP contribution in [0.3, 0.4) is 0 Å². The number of hydrogen-bond donors (Lipinski definition) is 2. The predicted molar refractivity (Wildman–Crippen MR) is 111 cm³/mol. The monoisotopic (exact) mass is 430 g/mol. The van der Waals surface area contributed by atoms with Crippen LogP contribution in [0.4, 0.5) is 15.8 Å². The summed E-state index contributed by atoms with van der Waals surface area (Å²) in [5, 5.41) is 2.67. The molecule has 0 aromatic heterocycles. The maximum absolute atomic E-state index is 13.7. The lowest BCUT2D eigenvalue weighted by Gasteiger charge is -2.13. The summed E-state index contributed by atoms with van der Waals surface area (Å²) in [7, 11) is -1.12. The number of rotatable bonds is 7. The van der Waals surface area contributed by atoms with E-state index in [1.54, 1.807) is 18.2 Å². The van der Waals surface area contributed by atoms with Crippen molar-refractivity contribution >= 4 is 27.3 Å². The summed E-state index contributed by atoms with van der Waals surface area (Å²) in [4.78, 5) is 12.6. The maximum atomic E-state index is 13.7. The van der Waals surface area contributed by atoms with Crippen LogP contribution in [0.1, 0.15) is 10.4 Å². The summed E-state index contributed by atoms with van der Waals surface area (Å²) in [5.74, 6) is -0.500. The van der Waals surface area contributed by atoms with Gasteiger partial charge in [-0.1, -0.05) is 18.2 Å². The van der Waals surface area contributed by atoms with Gasteiger partial charge < -0.3 is 14.8 Å². The molecule has 7 nitrogen and oxygen atoms in total. The average Bonchev–Trinajstić information content (AvgIpc) is 2.75. The van der Waals surface area contributed by atoms with E-state index in [4.69, 9.17) is 9.47 Å². The van der Waals surface area contributed by atoms with Crippen LogP contribution in [0.25, 0.3) is 0 Å². The van der Waals surface area contributed by atoms with E-state index < -0.39 is 21.7 Å². The molecule has 3 rings (SSSR count). The highest BCUT2D eigenvalue weighted by Crippen LogP contribution is 2.29. The molecule has 0 unspecified atom stereocenters. The van der Waals surface area contributed by atoms with Crippen LogP contribution < -0.4 is 19.5 Å². The molecule has 9 heteroatoms. The van der Waals surface area contributed by atoms with E-state index >= 15 is 0 Å². The molecule has 0 saturated carbocycles. The molecule has 0 saturated heterocycles. The Morgan fingerprint density at radius 3 is 2.03 bits per heavy atom. The van der Waals surface area contributed by atoms with Gasteiger partial charge in [0.15, 0.2) is 0 Å². The predicted octanol–water partition coefficient (Wildman–Crippen LogP) is 3.90. The van der Waals surface area contributed by atoms with Crippen LogP contribution in [0, 0.1) is 5.82 Å². The molecular formula is C21H19FN2O5S. The summed E-state index contributed by atoms with van der Waals surface area (Å²) >= 11 is 0. The third kappa shape index (κ3) is 4.52. The number of amides is 1. The first kappa shape index (κ1) is 21.1. The lowest BCUT2D eigenvalue weighted by molar-refractivity contribution is 0.102. The second-order valence-electron chi connectivity index (χ2n) is 6.10. The van der Waals surface area contributed by atoms with Gasteiger partial charge in [0.1, 0.15) is 22.9 Å². The standard InChI is InChI=1S/C21H19FN2O5S/c1-28-18-8-5-9-19(29-2)20(18)21(25)23-14-10-12-15(13-11-14)30(26,27)24-17-7-4-3-6-16(17)22/h3-13,24H,1-2H3,(H,23,25). The third-order valence-electron chi connectivity index (χ3n) is 4.20. The first-order chi connectivity index (χ1) is 14.4. The number of methoxy groups -OCH3 is 2. The topological polar surface area (TPSA) is 93.7 Å². The van der Waals surface area contributed by atoms with Gasteiger partial charge in [-0.3, -0.25) is 9.52 Å². The van der Waals surface area contributed by atoms with Crippen molar-refractivity contribution in [3.63, 3.8) is 0 Å². The number of nitrogens with one attached hydrogen (secondary N) is 2. The number of sulfonamides is 1. The quantitative estimate of drug-likeness (QED) is 0.593. The van der Waals surface area contributed by atoms with Crippen LogP contribution in [0.5, 0.6) is 11.5 Å². The number of carbonyl (C=O) groups is 1. The van der Waals surface area contributed by atoms with Crippen molar-refractivity contribution in [2.75, 3.05) is 24.3 Å². The Hall–Kier alpha value is -3.59. The van der Waals surface area contributed by atoms with E-state index in [2.05, 4.69) is 10.0 Å². The molecule has 0 atom stereocenters. The summed E-state index contributed by atoms with van der Waals surface area (Å²) in [5.41, 5.74) is 0.413. The van der Waals surface area contributed by atoms with E-state index in [0.717, 1.165) is 6.07 Å². The van der Waals surface area contributed by atoms with E-state index in [1.165, 1.54) is 56.7 Å². The minimum atomic E-state index is -4.00. The van der Waals surface area contributed by atoms with Gasteiger partial charge in [0.25, 0.3) is 15.9 Å². The fourth-order valence-corrected chi connectivity index (χ4v) is 3.80. The number of carbonyl (C=O) groups excluding carboxylic acids is 1.